The van der Waals surface area contributed by atoms with E-state index in [-0.39, 0.29) is 23.7 Å². The van der Waals surface area contributed by atoms with Gasteiger partial charge in [0.25, 0.3) is 5.91 Å². The van der Waals surface area contributed by atoms with E-state index in [4.69, 9.17) is 0 Å². The van der Waals surface area contributed by atoms with Crippen molar-refractivity contribution >= 4 is 15.9 Å². The molecular weight excluding hydrogens is 316 g/mol. The number of carbonyl (C=O) groups excluding carboxylic acids is 1. The lowest BCUT2D eigenvalue weighted by molar-refractivity contribution is 0.0949. The van der Waals surface area contributed by atoms with Crippen molar-refractivity contribution in [3.8, 4) is 0 Å². The van der Waals surface area contributed by atoms with E-state index in [1.54, 1.807) is 18.2 Å². The molecule has 1 aromatic carbocycles. The molecule has 0 atom stereocenters. The molecule has 0 spiro atoms. The molecule has 0 fully saturated rings. The SMILES string of the molecule is Cc1ccc(S(=O)(=O)NCCNC(=O)c2cnccn2)cc1C. The van der Waals surface area contributed by atoms with Crippen LogP contribution in [0, 0.1) is 13.8 Å². The minimum Gasteiger partial charge on any atom is -0.349 e. The third-order valence-electron chi connectivity index (χ3n) is 3.29. The van der Waals surface area contributed by atoms with Crippen LogP contribution in [0.5, 0.6) is 0 Å². The number of benzene rings is 1. The van der Waals surface area contributed by atoms with Gasteiger partial charge in [0.2, 0.25) is 10.0 Å². The minimum atomic E-state index is -3.59. The molecule has 0 aliphatic rings. The second-order valence-electron chi connectivity index (χ2n) is 4.99. The number of rotatable bonds is 6. The van der Waals surface area contributed by atoms with Crippen LogP contribution < -0.4 is 10.0 Å². The van der Waals surface area contributed by atoms with Crippen molar-refractivity contribution in [2.45, 2.75) is 18.7 Å². The Morgan fingerprint density at radius 3 is 2.57 bits per heavy atom. The van der Waals surface area contributed by atoms with Gasteiger partial charge in [-0.1, -0.05) is 6.07 Å². The standard InChI is InChI=1S/C15H18N4O3S/c1-11-3-4-13(9-12(11)2)23(21,22)19-8-7-18-15(20)14-10-16-5-6-17-14/h3-6,9-10,19H,7-8H2,1-2H3,(H,18,20). The molecule has 2 aromatic rings. The number of nitrogens with zero attached hydrogens (tertiary/aromatic N) is 2. The summed E-state index contributed by atoms with van der Waals surface area (Å²) in [6.07, 6.45) is 4.22. The molecule has 23 heavy (non-hydrogen) atoms. The van der Waals surface area contributed by atoms with E-state index in [0.717, 1.165) is 11.1 Å². The van der Waals surface area contributed by atoms with Crippen molar-refractivity contribution in [3.63, 3.8) is 0 Å². The van der Waals surface area contributed by atoms with Gasteiger partial charge in [-0.3, -0.25) is 9.78 Å². The Labute approximate surface area is 135 Å². The van der Waals surface area contributed by atoms with E-state index in [9.17, 15) is 13.2 Å². The third kappa shape index (κ3) is 4.57. The smallest absolute Gasteiger partial charge is 0.271 e. The summed E-state index contributed by atoms with van der Waals surface area (Å²) in [5.74, 6) is -0.400. The molecule has 0 unspecified atom stereocenters. The molecule has 0 bridgehead atoms. The Kier molecular flexibility index (Phi) is 5.41. The lowest BCUT2D eigenvalue weighted by Gasteiger charge is -2.09. The van der Waals surface area contributed by atoms with E-state index in [1.165, 1.54) is 18.6 Å². The highest BCUT2D eigenvalue weighted by molar-refractivity contribution is 7.89. The molecule has 0 radical (unpaired) electrons. The van der Waals surface area contributed by atoms with Crippen LogP contribution in [0.3, 0.4) is 0 Å². The van der Waals surface area contributed by atoms with Crippen LogP contribution in [-0.2, 0) is 10.0 Å². The molecule has 7 nitrogen and oxygen atoms in total. The highest BCUT2D eigenvalue weighted by Gasteiger charge is 2.14. The van der Waals surface area contributed by atoms with E-state index >= 15 is 0 Å². The van der Waals surface area contributed by atoms with Gasteiger partial charge < -0.3 is 5.32 Å². The topological polar surface area (TPSA) is 101 Å². The fourth-order valence-electron chi connectivity index (χ4n) is 1.83. The molecule has 0 aliphatic carbocycles. The van der Waals surface area contributed by atoms with Crippen LogP contribution in [-0.4, -0.2) is 37.4 Å². The Balaban J connectivity index is 1.88. The van der Waals surface area contributed by atoms with E-state index in [0.29, 0.717) is 0 Å². The van der Waals surface area contributed by atoms with Gasteiger partial charge in [-0.2, -0.15) is 0 Å². The number of nitrogens with one attached hydrogen (secondary N) is 2. The predicted molar refractivity (Wildman–Crippen MR) is 85.5 cm³/mol. The minimum absolute atomic E-state index is 0.0846. The van der Waals surface area contributed by atoms with Gasteiger partial charge in [-0.25, -0.2) is 18.1 Å². The molecule has 0 saturated carbocycles. The molecule has 0 aliphatic heterocycles. The summed E-state index contributed by atoms with van der Waals surface area (Å²) in [5, 5.41) is 2.58. The summed E-state index contributed by atoms with van der Waals surface area (Å²) in [6, 6.07) is 4.94. The molecule has 1 amide bonds. The average Bonchev–Trinajstić information content (AvgIpc) is 2.54. The Hall–Kier alpha value is -2.32. The van der Waals surface area contributed by atoms with E-state index < -0.39 is 15.9 Å². The number of hydrogen-bond donors (Lipinski definition) is 2. The summed E-state index contributed by atoms with van der Waals surface area (Å²) in [4.78, 5) is 19.6. The number of aryl methyl sites for hydroxylation is 2. The second kappa shape index (κ2) is 7.30. The fraction of sp³-hybridized carbons (Fsp3) is 0.267. The fourth-order valence-corrected chi connectivity index (χ4v) is 2.95. The molecule has 0 saturated heterocycles. The molecule has 2 N–H and O–H groups in total. The highest BCUT2D eigenvalue weighted by Crippen LogP contribution is 2.14. The molecule has 1 heterocycles. The maximum absolute atomic E-state index is 12.2. The van der Waals surface area contributed by atoms with Crippen molar-refractivity contribution in [3.05, 3.63) is 53.6 Å². The number of carbonyl (C=O) groups is 1. The zero-order valence-electron chi connectivity index (χ0n) is 12.9. The number of aromatic nitrogens is 2. The van der Waals surface area contributed by atoms with Gasteiger partial charge in [0.1, 0.15) is 5.69 Å². The van der Waals surface area contributed by atoms with Gasteiger partial charge in [0, 0.05) is 25.5 Å². The van der Waals surface area contributed by atoms with E-state index in [1.807, 2.05) is 13.8 Å². The van der Waals surface area contributed by atoms with Crippen LogP contribution in [0.1, 0.15) is 21.6 Å². The molecule has 122 valence electrons. The highest BCUT2D eigenvalue weighted by atomic mass is 32.2. The largest absolute Gasteiger partial charge is 0.349 e. The van der Waals surface area contributed by atoms with Gasteiger partial charge >= 0.3 is 0 Å². The number of hydrogen-bond acceptors (Lipinski definition) is 5. The molecule has 1 aromatic heterocycles. The van der Waals surface area contributed by atoms with Crippen molar-refractivity contribution in [1.82, 2.24) is 20.0 Å². The van der Waals surface area contributed by atoms with E-state index in [2.05, 4.69) is 20.0 Å². The van der Waals surface area contributed by atoms with Gasteiger partial charge in [0.15, 0.2) is 0 Å². The summed E-state index contributed by atoms with van der Waals surface area (Å²) < 4.78 is 26.8. The first kappa shape index (κ1) is 17.0. The average molecular weight is 334 g/mol. The van der Waals surface area contributed by atoms with Gasteiger partial charge in [0.05, 0.1) is 11.1 Å². The van der Waals surface area contributed by atoms with Crippen molar-refractivity contribution < 1.29 is 13.2 Å². The monoisotopic (exact) mass is 334 g/mol. The zero-order valence-corrected chi connectivity index (χ0v) is 13.7. The lowest BCUT2D eigenvalue weighted by Crippen LogP contribution is -2.35. The quantitative estimate of drug-likeness (QED) is 0.761. The van der Waals surface area contributed by atoms with Crippen LogP contribution in [0.15, 0.2) is 41.7 Å². The predicted octanol–water partition coefficient (Wildman–Crippen LogP) is 0.802. The normalized spacial score (nSPS) is 11.2. The molecular formula is C15H18N4O3S. The Bertz CT molecular complexity index is 792. The maximum Gasteiger partial charge on any atom is 0.271 e. The Morgan fingerprint density at radius 1 is 1.13 bits per heavy atom. The van der Waals surface area contributed by atoms with Crippen LogP contribution in [0.25, 0.3) is 0 Å². The number of amides is 1. The first-order valence-corrected chi connectivity index (χ1v) is 8.49. The first-order chi connectivity index (χ1) is 10.9. The van der Waals surface area contributed by atoms with Crippen molar-refractivity contribution in [2.75, 3.05) is 13.1 Å². The summed E-state index contributed by atoms with van der Waals surface area (Å²) in [7, 11) is -3.59. The van der Waals surface area contributed by atoms with Crippen LogP contribution in [0.4, 0.5) is 0 Å². The van der Waals surface area contributed by atoms with Gasteiger partial charge in [-0.15, -0.1) is 0 Å². The third-order valence-corrected chi connectivity index (χ3v) is 4.75. The van der Waals surface area contributed by atoms with Gasteiger partial charge in [-0.05, 0) is 37.1 Å². The zero-order chi connectivity index (χ0) is 16.9. The maximum atomic E-state index is 12.2. The van der Waals surface area contributed by atoms with Crippen LogP contribution in [0.2, 0.25) is 0 Å². The summed E-state index contributed by atoms with van der Waals surface area (Å²) >= 11 is 0. The first-order valence-electron chi connectivity index (χ1n) is 7.01. The van der Waals surface area contributed by atoms with Crippen molar-refractivity contribution in [2.24, 2.45) is 0 Å². The number of sulfonamides is 1. The lowest BCUT2D eigenvalue weighted by atomic mass is 10.1. The summed E-state index contributed by atoms with van der Waals surface area (Å²) in [6.45, 7) is 4.01. The van der Waals surface area contributed by atoms with Crippen LogP contribution >= 0.6 is 0 Å². The summed E-state index contributed by atoms with van der Waals surface area (Å²) in [5.41, 5.74) is 2.12. The molecule has 2 rings (SSSR count). The second-order valence-corrected chi connectivity index (χ2v) is 6.76. The van der Waals surface area contributed by atoms with Crippen molar-refractivity contribution in [1.29, 1.82) is 0 Å². The Morgan fingerprint density at radius 2 is 1.91 bits per heavy atom. The molecule has 8 heteroatoms.